The fourth-order valence-corrected chi connectivity index (χ4v) is 2.48. The number of carboxylic acid groups (broad SMARTS) is 1. The van der Waals surface area contributed by atoms with Gasteiger partial charge in [-0.1, -0.05) is 24.3 Å². The number of hydrogen-bond donors (Lipinski definition) is 2. The number of carboxylic acids is 1. The quantitative estimate of drug-likeness (QED) is 0.720. The number of likely N-dealkylation sites (N-methyl/N-ethyl adjacent to an activating group) is 1. The predicted molar refractivity (Wildman–Crippen MR) is 107 cm³/mol. The van der Waals surface area contributed by atoms with Crippen LogP contribution in [0.15, 0.2) is 48.5 Å². The molecule has 1 unspecified atom stereocenters. The molecular formula is C20H25ClN2O4. The van der Waals surface area contributed by atoms with Crippen molar-refractivity contribution in [2.75, 3.05) is 14.1 Å². The molecule has 2 rings (SSSR count). The third-order valence-electron chi connectivity index (χ3n) is 3.92. The van der Waals surface area contributed by atoms with Gasteiger partial charge in [0.25, 0.3) is 0 Å². The number of carbonyl (C=O) groups is 2. The Kier molecular flexibility index (Phi) is 8.78. The van der Waals surface area contributed by atoms with Gasteiger partial charge in [0.1, 0.15) is 11.5 Å². The maximum atomic E-state index is 11.8. The minimum absolute atomic E-state index is 0. The maximum absolute atomic E-state index is 11.8. The SMILES string of the molecule is CN(C)C(=O)C(N)Cc1ccc(Oc2ccc(CCC(=O)O)cc2)cc1.Cl. The highest BCUT2D eigenvalue weighted by molar-refractivity contribution is 5.85. The first-order valence-corrected chi connectivity index (χ1v) is 8.39. The smallest absolute Gasteiger partial charge is 0.303 e. The summed E-state index contributed by atoms with van der Waals surface area (Å²) in [6.07, 6.45) is 1.08. The molecule has 1 atom stereocenters. The van der Waals surface area contributed by atoms with E-state index in [4.69, 9.17) is 15.6 Å². The lowest BCUT2D eigenvalue weighted by Crippen LogP contribution is -2.41. The standard InChI is InChI=1S/C20H24N2O4.ClH/c1-22(2)20(25)18(21)13-15-5-10-17(11-6-15)26-16-8-3-14(4-9-16)7-12-19(23)24;/h3-6,8-11,18H,7,12-13,21H2,1-2H3,(H,23,24);1H. The van der Waals surface area contributed by atoms with Crippen LogP contribution in [-0.4, -0.2) is 42.0 Å². The molecule has 7 heteroatoms. The van der Waals surface area contributed by atoms with Crippen LogP contribution in [0.2, 0.25) is 0 Å². The van der Waals surface area contributed by atoms with Gasteiger partial charge in [-0.05, 0) is 48.2 Å². The number of aliphatic carboxylic acids is 1. The first-order chi connectivity index (χ1) is 12.3. The molecule has 0 heterocycles. The summed E-state index contributed by atoms with van der Waals surface area (Å²) >= 11 is 0. The Morgan fingerprint density at radius 1 is 1.00 bits per heavy atom. The van der Waals surface area contributed by atoms with Crippen molar-refractivity contribution < 1.29 is 19.4 Å². The molecule has 0 aliphatic heterocycles. The number of benzene rings is 2. The Hall–Kier alpha value is -2.57. The summed E-state index contributed by atoms with van der Waals surface area (Å²) in [5, 5.41) is 8.71. The lowest BCUT2D eigenvalue weighted by Gasteiger charge is -2.16. The molecule has 0 aliphatic carbocycles. The molecule has 0 bridgehead atoms. The van der Waals surface area contributed by atoms with Crippen molar-refractivity contribution >= 4 is 24.3 Å². The van der Waals surface area contributed by atoms with Crippen LogP contribution in [0.1, 0.15) is 17.5 Å². The predicted octanol–water partition coefficient (Wildman–Crippen LogP) is 2.88. The number of nitrogens with zero attached hydrogens (tertiary/aromatic N) is 1. The van der Waals surface area contributed by atoms with Crippen LogP contribution in [0.3, 0.4) is 0 Å². The van der Waals surface area contributed by atoms with Crippen LogP contribution >= 0.6 is 12.4 Å². The summed E-state index contributed by atoms with van der Waals surface area (Å²) in [4.78, 5) is 23.9. The largest absolute Gasteiger partial charge is 0.481 e. The van der Waals surface area contributed by atoms with Gasteiger partial charge in [-0.15, -0.1) is 12.4 Å². The molecular weight excluding hydrogens is 368 g/mol. The van der Waals surface area contributed by atoms with E-state index in [1.807, 2.05) is 48.5 Å². The highest BCUT2D eigenvalue weighted by Gasteiger charge is 2.15. The molecule has 146 valence electrons. The first kappa shape index (κ1) is 22.5. The third kappa shape index (κ3) is 7.29. The molecule has 6 nitrogen and oxygen atoms in total. The summed E-state index contributed by atoms with van der Waals surface area (Å²) in [6, 6.07) is 14.2. The molecule has 1 amide bonds. The normalized spacial score (nSPS) is 11.2. The summed E-state index contributed by atoms with van der Waals surface area (Å²) in [7, 11) is 3.37. The lowest BCUT2D eigenvalue weighted by molar-refractivity contribution is -0.137. The Morgan fingerprint density at radius 3 is 1.93 bits per heavy atom. The Balaban J connectivity index is 0.00000364. The van der Waals surface area contributed by atoms with Crippen LogP contribution in [0.5, 0.6) is 11.5 Å². The van der Waals surface area contributed by atoms with E-state index in [9.17, 15) is 9.59 Å². The molecule has 0 aliphatic rings. The van der Waals surface area contributed by atoms with E-state index in [2.05, 4.69) is 0 Å². The van der Waals surface area contributed by atoms with Gasteiger partial charge in [0, 0.05) is 20.5 Å². The van der Waals surface area contributed by atoms with E-state index >= 15 is 0 Å². The molecule has 0 fully saturated rings. The van der Waals surface area contributed by atoms with E-state index < -0.39 is 12.0 Å². The van der Waals surface area contributed by atoms with Crippen molar-refractivity contribution in [3.05, 3.63) is 59.7 Å². The first-order valence-electron chi connectivity index (χ1n) is 8.39. The topological polar surface area (TPSA) is 92.9 Å². The van der Waals surface area contributed by atoms with Gasteiger partial charge >= 0.3 is 5.97 Å². The van der Waals surface area contributed by atoms with Crippen LogP contribution in [0.4, 0.5) is 0 Å². The molecule has 0 saturated heterocycles. The van der Waals surface area contributed by atoms with Crippen molar-refractivity contribution in [2.24, 2.45) is 5.73 Å². The monoisotopic (exact) mass is 392 g/mol. The van der Waals surface area contributed by atoms with Crippen molar-refractivity contribution in [1.29, 1.82) is 0 Å². The van der Waals surface area contributed by atoms with Gasteiger partial charge in [-0.25, -0.2) is 0 Å². The molecule has 2 aromatic carbocycles. The summed E-state index contributed by atoms with van der Waals surface area (Å²) in [6.45, 7) is 0. The van der Waals surface area contributed by atoms with Gasteiger partial charge in [-0.2, -0.15) is 0 Å². The molecule has 27 heavy (non-hydrogen) atoms. The van der Waals surface area contributed by atoms with Crippen LogP contribution in [0, 0.1) is 0 Å². The minimum Gasteiger partial charge on any atom is -0.481 e. The Labute approximate surface area is 165 Å². The molecule has 0 aromatic heterocycles. The van der Waals surface area contributed by atoms with Crippen LogP contribution < -0.4 is 10.5 Å². The number of hydrogen-bond acceptors (Lipinski definition) is 4. The van der Waals surface area contributed by atoms with E-state index in [1.165, 1.54) is 4.90 Å². The fourth-order valence-electron chi connectivity index (χ4n) is 2.48. The summed E-state index contributed by atoms with van der Waals surface area (Å²) in [5.41, 5.74) is 7.83. The van der Waals surface area contributed by atoms with E-state index in [-0.39, 0.29) is 24.7 Å². The second-order valence-electron chi connectivity index (χ2n) is 6.33. The van der Waals surface area contributed by atoms with Gasteiger partial charge in [-0.3, -0.25) is 9.59 Å². The highest BCUT2D eigenvalue weighted by atomic mass is 35.5. The summed E-state index contributed by atoms with van der Waals surface area (Å²) < 4.78 is 5.78. The maximum Gasteiger partial charge on any atom is 0.303 e. The van der Waals surface area contributed by atoms with Gasteiger partial charge in [0.15, 0.2) is 0 Å². The van der Waals surface area contributed by atoms with Gasteiger partial charge in [0.2, 0.25) is 5.91 Å². The van der Waals surface area contributed by atoms with E-state index in [0.29, 0.717) is 24.3 Å². The number of amides is 1. The highest BCUT2D eigenvalue weighted by Crippen LogP contribution is 2.22. The second kappa shape index (κ2) is 10.5. The molecule has 0 spiro atoms. The third-order valence-corrected chi connectivity index (χ3v) is 3.92. The average molecular weight is 393 g/mol. The summed E-state index contributed by atoms with van der Waals surface area (Å²) in [5.74, 6) is 0.446. The molecule has 2 aromatic rings. The molecule has 0 saturated carbocycles. The number of carbonyl (C=O) groups excluding carboxylic acids is 1. The van der Waals surface area contributed by atoms with Crippen molar-refractivity contribution in [3.8, 4) is 11.5 Å². The number of halogens is 1. The lowest BCUT2D eigenvalue weighted by atomic mass is 10.1. The van der Waals surface area contributed by atoms with E-state index in [1.54, 1.807) is 14.1 Å². The zero-order valence-electron chi connectivity index (χ0n) is 15.4. The number of nitrogens with two attached hydrogens (primary N) is 1. The number of rotatable bonds is 8. The van der Waals surface area contributed by atoms with E-state index in [0.717, 1.165) is 11.1 Å². The Morgan fingerprint density at radius 2 is 1.48 bits per heavy atom. The number of aryl methyl sites for hydroxylation is 1. The van der Waals surface area contributed by atoms with Crippen molar-refractivity contribution in [3.63, 3.8) is 0 Å². The van der Waals surface area contributed by atoms with Crippen LogP contribution in [-0.2, 0) is 22.4 Å². The van der Waals surface area contributed by atoms with Crippen molar-refractivity contribution in [1.82, 2.24) is 4.90 Å². The van der Waals surface area contributed by atoms with Gasteiger partial charge in [0.05, 0.1) is 6.04 Å². The zero-order chi connectivity index (χ0) is 19.1. The fraction of sp³-hybridized carbons (Fsp3) is 0.300. The molecule has 0 radical (unpaired) electrons. The minimum atomic E-state index is -0.808. The zero-order valence-corrected chi connectivity index (χ0v) is 16.2. The Bertz CT molecular complexity index is 746. The second-order valence-corrected chi connectivity index (χ2v) is 6.33. The number of ether oxygens (including phenoxy) is 1. The van der Waals surface area contributed by atoms with Crippen molar-refractivity contribution in [2.45, 2.75) is 25.3 Å². The average Bonchev–Trinajstić information content (AvgIpc) is 2.62. The molecule has 3 N–H and O–H groups in total. The van der Waals surface area contributed by atoms with Crippen LogP contribution in [0.25, 0.3) is 0 Å². The van der Waals surface area contributed by atoms with Gasteiger partial charge < -0.3 is 20.5 Å².